The van der Waals surface area contributed by atoms with Crippen molar-refractivity contribution in [3.8, 4) is 0 Å². The van der Waals surface area contributed by atoms with Crippen LogP contribution in [0.1, 0.15) is 16.7 Å². The van der Waals surface area contributed by atoms with Crippen molar-refractivity contribution in [1.82, 2.24) is 0 Å². The summed E-state index contributed by atoms with van der Waals surface area (Å²) in [7, 11) is 0. The zero-order chi connectivity index (χ0) is 17.2. The summed E-state index contributed by atoms with van der Waals surface area (Å²) in [6.45, 7) is 0. The molecule has 0 spiro atoms. The van der Waals surface area contributed by atoms with Crippen molar-refractivity contribution in [1.29, 1.82) is 0 Å². The molecule has 0 saturated carbocycles. The van der Waals surface area contributed by atoms with Gasteiger partial charge >= 0.3 is 12.1 Å². The number of allylic oxidation sites excluding steroid dienone is 1. The van der Waals surface area contributed by atoms with Gasteiger partial charge in [0.1, 0.15) is 5.76 Å². The molecule has 0 radical (unpaired) electrons. The Morgan fingerprint density at radius 3 is 2.46 bits per heavy atom. The van der Waals surface area contributed by atoms with Crippen molar-refractivity contribution in [2.75, 3.05) is 0 Å². The van der Waals surface area contributed by atoms with Crippen molar-refractivity contribution < 1.29 is 22.7 Å². The number of rotatable bonds is 3. The van der Waals surface area contributed by atoms with Crippen molar-refractivity contribution in [3.63, 3.8) is 0 Å². The molecular formula is C19H13F3O2. The van der Waals surface area contributed by atoms with E-state index in [1.165, 1.54) is 18.2 Å². The van der Waals surface area contributed by atoms with Crippen LogP contribution in [0.15, 0.2) is 72.0 Å². The smallest absolute Gasteiger partial charge is 0.416 e. The van der Waals surface area contributed by atoms with E-state index in [1.807, 2.05) is 30.3 Å². The average Bonchev–Trinajstić information content (AvgIpc) is 2.87. The lowest BCUT2D eigenvalue weighted by Crippen LogP contribution is -2.04. The van der Waals surface area contributed by atoms with Crippen LogP contribution in [0.2, 0.25) is 0 Å². The predicted octanol–water partition coefficient (Wildman–Crippen LogP) is 4.77. The molecule has 122 valence electrons. The summed E-state index contributed by atoms with van der Waals surface area (Å²) in [5, 5.41) is 0. The summed E-state index contributed by atoms with van der Waals surface area (Å²) in [6, 6.07) is 14.3. The molecular weight excluding hydrogens is 317 g/mol. The number of carbonyl (C=O) groups is 1. The highest BCUT2D eigenvalue weighted by atomic mass is 19.4. The highest BCUT2D eigenvalue weighted by Gasteiger charge is 2.30. The Hall–Kier alpha value is -2.82. The molecule has 0 fully saturated rings. The van der Waals surface area contributed by atoms with E-state index in [0.29, 0.717) is 17.6 Å². The molecule has 0 aliphatic carbocycles. The van der Waals surface area contributed by atoms with E-state index in [0.717, 1.165) is 17.7 Å². The maximum atomic E-state index is 12.7. The van der Waals surface area contributed by atoms with Crippen LogP contribution in [-0.2, 0) is 22.1 Å². The maximum absolute atomic E-state index is 12.7. The van der Waals surface area contributed by atoms with E-state index in [1.54, 1.807) is 6.08 Å². The fourth-order valence-corrected chi connectivity index (χ4v) is 2.41. The van der Waals surface area contributed by atoms with Crippen LogP contribution in [0.3, 0.4) is 0 Å². The molecule has 1 heterocycles. The van der Waals surface area contributed by atoms with E-state index in [-0.39, 0.29) is 5.76 Å². The summed E-state index contributed by atoms with van der Waals surface area (Å²) >= 11 is 0. The molecule has 1 aliphatic rings. The zero-order valence-corrected chi connectivity index (χ0v) is 12.5. The van der Waals surface area contributed by atoms with E-state index in [9.17, 15) is 18.0 Å². The minimum absolute atomic E-state index is 0.241. The molecule has 5 heteroatoms. The summed E-state index contributed by atoms with van der Waals surface area (Å²) in [5.41, 5.74) is 1.01. The minimum Gasteiger partial charge on any atom is -0.423 e. The fourth-order valence-electron chi connectivity index (χ4n) is 2.41. The van der Waals surface area contributed by atoms with Crippen LogP contribution in [0, 0.1) is 0 Å². The number of cyclic esters (lactones) is 1. The summed E-state index contributed by atoms with van der Waals surface area (Å²) in [6.07, 6.45) is -1.00. The molecule has 0 saturated heterocycles. The maximum Gasteiger partial charge on any atom is 0.416 e. The fraction of sp³-hybridized carbons (Fsp3) is 0.105. The standard InChI is InChI=1S/C19H13F3O2/c20-19(21,22)16-8-4-7-14(10-16)11-17-12-15(18(23)24-17)9-13-5-2-1-3-6-13/h1-8,10-12H,9H2/b17-11-. The van der Waals surface area contributed by atoms with Crippen molar-refractivity contribution in [2.24, 2.45) is 0 Å². The lowest BCUT2D eigenvalue weighted by atomic mass is 10.1. The van der Waals surface area contributed by atoms with Crippen molar-refractivity contribution >= 4 is 12.0 Å². The van der Waals surface area contributed by atoms with Crippen LogP contribution in [0.5, 0.6) is 0 Å². The molecule has 3 rings (SSSR count). The van der Waals surface area contributed by atoms with Gasteiger partial charge < -0.3 is 4.74 Å². The molecule has 2 nitrogen and oxygen atoms in total. The first-order valence-corrected chi connectivity index (χ1v) is 7.27. The van der Waals surface area contributed by atoms with Gasteiger partial charge in [0, 0.05) is 12.0 Å². The normalized spacial score (nSPS) is 16.2. The molecule has 0 N–H and O–H groups in total. The van der Waals surface area contributed by atoms with Gasteiger partial charge in [0.15, 0.2) is 0 Å². The van der Waals surface area contributed by atoms with Gasteiger partial charge in [-0.05, 0) is 35.4 Å². The summed E-state index contributed by atoms with van der Waals surface area (Å²) in [5.74, 6) is -0.234. The van der Waals surface area contributed by atoms with E-state index in [4.69, 9.17) is 4.74 Å². The van der Waals surface area contributed by atoms with Crippen LogP contribution in [0.25, 0.3) is 6.08 Å². The molecule has 0 aromatic heterocycles. The largest absolute Gasteiger partial charge is 0.423 e. The highest BCUT2D eigenvalue weighted by molar-refractivity contribution is 5.94. The number of ether oxygens (including phenoxy) is 1. The van der Waals surface area contributed by atoms with Crippen LogP contribution < -0.4 is 0 Å². The lowest BCUT2D eigenvalue weighted by molar-refractivity contribution is -0.137. The molecule has 0 atom stereocenters. The minimum atomic E-state index is -4.41. The first kappa shape index (κ1) is 16.1. The van der Waals surface area contributed by atoms with Gasteiger partial charge in [0.2, 0.25) is 0 Å². The van der Waals surface area contributed by atoms with Gasteiger partial charge in [-0.25, -0.2) is 4.79 Å². The number of carbonyl (C=O) groups excluding carboxylic acids is 1. The molecule has 2 aromatic rings. The molecule has 24 heavy (non-hydrogen) atoms. The van der Waals surface area contributed by atoms with Gasteiger partial charge in [-0.2, -0.15) is 13.2 Å². The van der Waals surface area contributed by atoms with Crippen LogP contribution >= 0.6 is 0 Å². The van der Waals surface area contributed by atoms with Gasteiger partial charge in [0.25, 0.3) is 0 Å². The molecule has 1 aliphatic heterocycles. The van der Waals surface area contributed by atoms with E-state index in [2.05, 4.69) is 0 Å². The third-order valence-corrected chi connectivity index (χ3v) is 3.55. The van der Waals surface area contributed by atoms with Crippen molar-refractivity contribution in [2.45, 2.75) is 12.6 Å². The first-order valence-electron chi connectivity index (χ1n) is 7.27. The second kappa shape index (κ2) is 6.35. The van der Waals surface area contributed by atoms with E-state index < -0.39 is 17.7 Å². The Labute approximate surface area is 136 Å². The Balaban J connectivity index is 1.83. The summed E-state index contributed by atoms with van der Waals surface area (Å²) < 4.78 is 43.3. The number of alkyl halides is 3. The summed E-state index contributed by atoms with van der Waals surface area (Å²) in [4.78, 5) is 11.9. The second-order valence-corrected chi connectivity index (χ2v) is 5.39. The average molecular weight is 330 g/mol. The Kier molecular flexibility index (Phi) is 4.25. The number of hydrogen-bond acceptors (Lipinski definition) is 2. The third-order valence-electron chi connectivity index (χ3n) is 3.55. The third kappa shape index (κ3) is 3.74. The number of halogens is 3. The molecule has 0 unspecified atom stereocenters. The van der Waals surface area contributed by atoms with Gasteiger partial charge in [-0.1, -0.05) is 42.5 Å². The van der Waals surface area contributed by atoms with Gasteiger partial charge in [-0.15, -0.1) is 0 Å². The topological polar surface area (TPSA) is 26.3 Å². The van der Waals surface area contributed by atoms with Crippen LogP contribution in [0.4, 0.5) is 13.2 Å². The quantitative estimate of drug-likeness (QED) is 0.758. The SMILES string of the molecule is O=C1O/C(=C\c2cccc(C(F)(F)F)c2)C=C1Cc1ccccc1. The Bertz CT molecular complexity index is 818. The Morgan fingerprint density at radius 1 is 1.00 bits per heavy atom. The Morgan fingerprint density at radius 2 is 1.75 bits per heavy atom. The molecule has 0 bridgehead atoms. The zero-order valence-electron chi connectivity index (χ0n) is 12.5. The lowest BCUT2D eigenvalue weighted by Gasteiger charge is -2.06. The number of esters is 1. The van der Waals surface area contributed by atoms with Gasteiger partial charge in [0.05, 0.1) is 5.56 Å². The predicted molar refractivity (Wildman–Crippen MR) is 83.7 cm³/mol. The highest BCUT2D eigenvalue weighted by Crippen LogP contribution is 2.30. The first-order chi connectivity index (χ1) is 11.4. The molecule has 0 amide bonds. The number of benzene rings is 2. The molecule has 2 aromatic carbocycles. The van der Waals surface area contributed by atoms with Gasteiger partial charge in [-0.3, -0.25) is 0 Å². The van der Waals surface area contributed by atoms with Crippen molar-refractivity contribution in [3.05, 3.63) is 88.7 Å². The second-order valence-electron chi connectivity index (χ2n) is 5.39. The number of hydrogen-bond donors (Lipinski definition) is 0. The van der Waals surface area contributed by atoms with Crippen LogP contribution in [-0.4, -0.2) is 5.97 Å². The van der Waals surface area contributed by atoms with E-state index >= 15 is 0 Å². The monoisotopic (exact) mass is 330 g/mol.